The highest BCUT2D eigenvalue weighted by Gasteiger charge is 2.20. The Hall–Kier alpha value is -1.64. The number of nitrogens with one attached hydrogen (secondary N) is 2. The van der Waals surface area contributed by atoms with Crippen molar-refractivity contribution in [3.8, 4) is 0 Å². The average molecular weight is 386 g/mol. The van der Waals surface area contributed by atoms with Crippen molar-refractivity contribution in [2.24, 2.45) is 4.99 Å². The van der Waals surface area contributed by atoms with Crippen LogP contribution in [0, 0.1) is 0 Å². The monoisotopic (exact) mass is 385 g/mol. The maximum absolute atomic E-state index is 12.5. The van der Waals surface area contributed by atoms with Crippen molar-refractivity contribution in [3.63, 3.8) is 0 Å². The number of rotatable bonds is 12. The van der Waals surface area contributed by atoms with Crippen LogP contribution in [0.5, 0.6) is 0 Å². The van der Waals surface area contributed by atoms with Gasteiger partial charge in [-0.15, -0.1) is 0 Å². The first-order valence-corrected chi connectivity index (χ1v) is 10.5. The number of nitrogens with zero attached hydrogens (tertiary/aromatic N) is 1. The minimum absolute atomic E-state index is 0.0222. The SMILES string of the molecule is CCC(CS(=O)(=O)c1ccccc1)NC(=NC)NCCCOCCOC. The molecule has 0 heterocycles. The predicted octanol–water partition coefficient (Wildman–Crippen LogP) is 1.46. The third-order valence-electron chi connectivity index (χ3n) is 3.77. The van der Waals surface area contributed by atoms with Gasteiger partial charge in [-0.05, 0) is 25.0 Å². The van der Waals surface area contributed by atoms with E-state index in [1.165, 1.54) is 0 Å². The molecule has 0 aliphatic rings. The molecule has 1 rings (SSSR count). The molecule has 26 heavy (non-hydrogen) atoms. The Morgan fingerprint density at radius 3 is 2.54 bits per heavy atom. The Balaban J connectivity index is 2.44. The molecule has 0 spiro atoms. The van der Waals surface area contributed by atoms with Gasteiger partial charge in [0.25, 0.3) is 0 Å². The number of sulfone groups is 1. The first kappa shape index (κ1) is 22.4. The standard InChI is InChI=1S/C18H31N3O4S/c1-4-16(15-26(22,23)17-9-6-5-7-10-17)21-18(19-2)20-11-8-12-25-14-13-24-3/h5-7,9-10,16H,4,8,11-15H2,1-3H3,(H2,19,20,21). The minimum atomic E-state index is -3.34. The van der Waals surface area contributed by atoms with Crippen LogP contribution in [0.1, 0.15) is 19.8 Å². The zero-order chi connectivity index (χ0) is 19.3. The molecule has 148 valence electrons. The quantitative estimate of drug-likeness (QED) is 0.322. The molecular weight excluding hydrogens is 354 g/mol. The van der Waals surface area contributed by atoms with Gasteiger partial charge in [-0.3, -0.25) is 4.99 Å². The first-order valence-electron chi connectivity index (χ1n) is 8.85. The third-order valence-corrected chi connectivity index (χ3v) is 5.60. The third kappa shape index (κ3) is 8.64. The van der Waals surface area contributed by atoms with Crippen LogP contribution >= 0.6 is 0 Å². The number of aliphatic imine (C=N–C) groups is 1. The molecule has 0 radical (unpaired) electrons. The molecule has 8 heteroatoms. The molecule has 0 saturated heterocycles. The lowest BCUT2D eigenvalue weighted by Gasteiger charge is -2.20. The van der Waals surface area contributed by atoms with E-state index in [0.29, 0.717) is 43.6 Å². The summed E-state index contributed by atoms with van der Waals surface area (Å²) in [5.41, 5.74) is 0. The van der Waals surface area contributed by atoms with Gasteiger partial charge >= 0.3 is 0 Å². The van der Waals surface area contributed by atoms with E-state index in [1.807, 2.05) is 6.92 Å². The molecule has 7 nitrogen and oxygen atoms in total. The van der Waals surface area contributed by atoms with E-state index in [4.69, 9.17) is 9.47 Å². The van der Waals surface area contributed by atoms with Gasteiger partial charge in [0.1, 0.15) is 0 Å². The molecule has 0 saturated carbocycles. The lowest BCUT2D eigenvalue weighted by atomic mass is 10.3. The van der Waals surface area contributed by atoms with Gasteiger partial charge in [0.05, 0.1) is 23.9 Å². The van der Waals surface area contributed by atoms with Crippen LogP contribution in [0.4, 0.5) is 0 Å². The highest BCUT2D eigenvalue weighted by atomic mass is 32.2. The van der Waals surface area contributed by atoms with Crippen LogP contribution in [0.25, 0.3) is 0 Å². The largest absolute Gasteiger partial charge is 0.382 e. The summed E-state index contributed by atoms with van der Waals surface area (Å²) in [4.78, 5) is 4.51. The molecular formula is C18H31N3O4S. The Bertz CT molecular complexity index is 621. The second-order valence-electron chi connectivity index (χ2n) is 5.80. The lowest BCUT2D eigenvalue weighted by molar-refractivity contribution is 0.0698. The molecule has 0 fully saturated rings. The summed E-state index contributed by atoms with van der Waals surface area (Å²) in [6, 6.07) is 8.30. The molecule has 2 N–H and O–H groups in total. The molecule has 1 unspecified atom stereocenters. The second kappa shape index (κ2) is 12.7. The van der Waals surface area contributed by atoms with E-state index < -0.39 is 9.84 Å². The van der Waals surface area contributed by atoms with Crippen LogP contribution in [0.3, 0.4) is 0 Å². The summed E-state index contributed by atoms with van der Waals surface area (Å²) < 4.78 is 35.4. The Morgan fingerprint density at radius 1 is 1.19 bits per heavy atom. The molecule has 1 aromatic rings. The van der Waals surface area contributed by atoms with E-state index in [-0.39, 0.29) is 11.8 Å². The van der Waals surface area contributed by atoms with Gasteiger partial charge < -0.3 is 20.1 Å². The number of benzene rings is 1. The Labute approximate surface area is 157 Å². The average Bonchev–Trinajstić information content (AvgIpc) is 2.66. The number of hydrogen-bond acceptors (Lipinski definition) is 5. The van der Waals surface area contributed by atoms with Crippen LogP contribution < -0.4 is 10.6 Å². The first-order chi connectivity index (χ1) is 12.5. The van der Waals surface area contributed by atoms with Crippen LogP contribution in [-0.2, 0) is 19.3 Å². The normalized spacial score (nSPS) is 13.4. The van der Waals surface area contributed by atoms with E-state index >= 15 is 0 Å². The van der Waals surface area contributed by atoms with Gasteiger partial charge in [-0.1, -0.05) is 25.1 Å². The van der Waals surface area contributed by atoms with E-state index in [0.717, 1.165) is 6.42 Å². The topological polar surface area (TPSA) is 89.0 Å². The molecule has 1 aromatic carbocycles. The van der Waals surface area contributed by atoms with E-state index in [1.54, 1.807) is 44.5 Å². The van der Waals surface area contributed by atoms with Crippen molar-refractivity contribution in [3.05, 3.63) is 30.3 Å². The number of methoxy groups -OCH3 is 1. The van der Waals surface area contributed by atoms with Crippen LogP contribution in [0.15, 0.2) is 40.2 Å². The highest BCUT2D eigenvalue weighted by molar-refractivity contribution is 7.91. The molecule has 0 aliphatic carbocycles. The van der Waals surface area contributed by atoms with Gasteiger partial charge in [0.2, 0.25) is 0 Å². The fourth-order valence-electron chi connectivity index (χ4n) is 2.26. The fraction of sp³-hybridized carbons (Fsp3) is 0.611. The smallest absolute Gasteiger partial charge is 0.191 e. The van der Waals surface area contributed by atoms with Crippen molar-refractivity contribution in [1.82, 2.24) is 10.6 Å². The number of ether oxygens (including phenoxy) is 2. The lowest BCUT2D eigenvalue weighted by Crippen LogP contribution is -2.46. The van der Waals surface area contributed by atoms with Crippen molar-refractivity contribution in [1.29, 1.82) is 0 Å². The summed E-state index contributed by atoms with van der Waals surface area (Å²) in [6.45, 7) is 4.44. The van der Waals surface area contributed by atoms with Crippen molar-refractivity contribution in [2.75, 3.05) is 46.3 Å². The summed E-state index contributed by atoms with van der Waals surface area (Å²) in [7, 11) is -0.0295. The maximum Gasteiger partial charge on any atom is 0.191 e. The molecule has 0 aliphatic heterocycles. The highest BCUT2D eigenvalue weighted by Crippen LogP contribution is 2.12. The van der Waals surface area contributed by atoms with Crippen molar-refractivity contribution >= 4 is 15.8 Å². The number of hydrogen-bond donors (Lipinski definition) is 2. The summed E-state index contributed by atoms with van der Waals surface area (Å²) in [6.07, 6.45) is 1.50. The zero-order valence-electron chi connectivity index (χ0n) is 15.9. The fourth-order valence-corrected chi connectivity index (χ4v) is 3.88. The van der Waals surface area contributed by atoms with E-state index in [9.17, 15) is 8.42 Å². The van der Waals surface area contributed by atoms with Gasteiger partial charge in [0.15, 0.2) is 15.8 Å². The minimum Gasteiger partial charge on any atom is -0.382 e. The van der Waals surface area contributed by atoms with Crippen molar-refractivity contribution < 1.29 is 17.9 Å². The Morgan fingerprint density at radius 2 is 1.92 bits per heavy atom. The van der Waals surface area contributed by atoms with Gasteiger partial charge in [-0.2, -0.15) is 0 Å². The van der Waals surface area contributed by atoms with E-state index in [2.05, 4.69) is 15.6 Å². The molecule has 0 amide bonds. The predicted molar refractivity (Wildman–Crippen MR) is 104 cm³/mol. The van der Waals surface area contributed by atoms with Gasteiger partial charge in [0, 0.05) is 33.4 Å². The summed E-state index contributed by atoms with van der Waals surface area (Å²) >= 11 is 0. The number of guanidine groups is 1. The second-order valence-corrected chi connectivity index (χ2v) is 7.84. The van der Waals surface area contributed by atoms with Crippen LogP contribution in [-0.4, -0.2) is 66.7 Å². The summed E-state index contributed by atoms with van der Waals surface area (Å²) in [5.74, 6) is 0.617. The maximum atomic E-state index is 12.5. The zero-order valence-corrected chi connectivity index (χ0v) is 16.7. The molecule has 0 aromatic heterocycles. The molecule has 1 atom stereocenters. The van der Waals surface area contributed by atoms with Crippen molar-refractivity contribution in [2.45, 2.75) is 30.7 Å². The van der Waals surface area contributed by atoms with Crippen LogP contribution in [0.2, 0.25) is 0 Å². The Kier molecular flexibility index (Phi) is 10.9. The molecule has 0 bridgehead atoms. The summed E-state index contributed by atoms with van der Waals surface area (Å²) in [5, 5.41) is 6.37. The van der Waals surface area contributed by atoms with Gasteiger partial charge in [-0.25, -0.2) is 8.42 Å².